The molecule has 1 saturated heterocycles. The smallest absolute Gasteiger partial charge is 0.188 e. The highest BCUT2D eigenvalue weighted by Gasteiger charge is 2.57. The van der Waals surface area contributed by atoms with Gasteiger partial charge in [-0.1, -0.05) is 0 Å². The Labute approximate surface area is 131 Å². The van der Waals surface area contributed by atoms with Crippen molar-refractivity contribution < 1.29 is 0 Å². The number of nitrogens with zero attached hydrogens (tertiary/aromatic N) is 4. The molecular weight excluding hydrogens is 313 g/mol. The molecule has 1 rings (SSSR count). The van der Waals surface area contributed by atoms with Crippen LogP contribution in [-0.4, -0.2) is 78.7 Å². The van der Waals surface area contributed by atoms with Gasteiger partial charge in [-0.15, -0.1) is 0 Å². The monoisotopic (exact) mass is 348 g/mol. The molecule has 1 fully saturated rings. The van der Waals surface area contributed by atoms with Crippen LogP contribution in [0.3, 0.4) is 0 Å². The zero-order valence-corrected chi connectivity index (χ0v) is 19.8. The molecule has 0 saturated carbocycles. The van der Waals surface area contributed by atoms with Gasteiger partial charge in [0.2, 0.25) is 0 Å². The van der Waals surface area contributed by atoms with Crippen LogP contribution >= 0.6 is 0 Å². The van der Waals surface area contributed by atoms with E-state index in [-0.39, 0.29) is 0 Å². The summed E-state index contributed by atoms with van der Waals surface area (Å²) in [5.41, 5.74) is 0. The fourth-order valence-corrected chi connectivity index (χ4v) is 31.6. The van der Waals surface area contributed by atoms with Gasteiger partial charge in [-0.2, -0.15) is 0 Å². The Bertz CT molecular complexity index is 288. The molecule has 4 nitrogen and oxygen atoms in total. The fourth-order valence-electron chi connectivity index (χ4n) is 3.58. The fraction of sp³-hybridized carbons (Fsp3) is 1.00. The van der Waals surface area contributed by atoms with E-state index in [0.717, 1.165) is 0 Å². The summed E-state index contributed by atoms with van der Waals surface area (Å²) in [6.45, 7) is 20.2. The number of rotatable bonds is 0. The molecule has 1 heterocycles. The molecular formula is C12H36N4Si4. The summed E-state index contributed by atoms with van der Waals surface area (Å²) in [6, 6.07) is 0. The first-order valence-electron chi connectivity index (χ1n) is 7.58. The summed E-state index contributed by atoms with van der Waals surface area (Å²) in [6.07, 6.45) is 0. The maximum Gasteiger partial charge on any atom is 0.188 e. The maximum absolute atomic E-state index is 2.82. The van der Waals surface area contributed by atoms with Gasteiger partial charge in [0.05, 0.1) is 0 Å². The Morgan fingerprint density at radius 3 is 0.550 bits per heavy atom. The molecule has 0 radical (unpaired) electrons. The minimum Gasteiger partial charge on any atom is -0.325 e. The standard InChI is InChI=1S/C12H36N4Si4/c1-13-17(5,6)14(2)19(9,10)16(4)20(11,12)15(3)18(13,7)8/h1-12H3. The lowest BCUT2D eigenvalue weighted by Crippen LogP contribution is -2.87. The lowest BCUT2D eigenvalue weighted by atomic mass is 11.5. The van der Waals surface area contributed by atoms with Gasteiger partial charge < -0.3 is 16.9 Å². The van der Waals surface area contributed by atoms with Crippen LogP contribution < -0.4 is 0 Å². The summed E-state index contributed by atoms with van der Waals surface area (Å²) >= 11 is 0. The van der Waals surface area contributed by atoms with Gasteiger partial charge in [0.1, 0.15) is 0 Å². The largest absolute Gasteiger partial charge is 0.325 e. The Kier molecular flexibility index (Phi) is 4.80. The van der Waals surface area contributed by atoms with Gasteiger partial charge >= 0.3 is 0 Å². The minimum atomic E-state index is -1.57. The molecule has 0 atom stereocenters. The summed E-state index contributed by atoms with van der Waals surface area (Å²) < 4.78 is 11.3. The van der Waals surface area contributed by atoms with E-state index >= 15 is 0 Å². The first-order valence-corrected chi connectivity index (χ1v) is 19.2. The third-order valence-electron chi connectivity index (χ3n) is 6.57. The summed E-state index contributed by atoms with van der Waals surface area (Å²) in [5, 5.41) is 0. The minimum absolute atomic E-state index is 1.57. The molecule has 1 aliphatic heterocycles. The SMILES string of the molecule is CN1[Si](C)(C)N(C)[Si](C)(C)N(C)[Si](C)(C)N(C)[Si]1(C)C. The second kappa shape index (κ2) is 5.12. The topological polar surface area (TPSA) is 13.0 Å². The third kappa shape index (κ3) is 2.47. The number of hydrogen-bond acceptors (Lipinski definition) is 4. The van der Waals surface area contributed by atoms with Gasteiger partial charge in [-0.05, 0) is 80.6 Å². The first kappa shape index (κ1) is 18.8. The lowest BCUT2D eigenvalue weighted by Gasteiger charge is -2.64. The van der Waals surface area contributed by atoms with Crippen LogP contribution in [0, 0.1) is 0 Å². The zero-order chi connectivity index (χ0) is 16.3. The van der Waals surface area contributed by atoms with E-state index in [0.29, 0.717) is 0 Å². The van der Waals surface area contributed by atoms with Gasteiger partial charge in [0.15, 0.2) is 33.6 Å². The van der Waals surface area contributed by atoms with E-state index < -0.39 is 33.6 Å². The Balaban J connectivity index is 3.53. The van der Waals surface area contributed by atoms with Crippen LogP contribution in [0.5, 0.6) is 0 Å². The molecule has 0 N–H and O–H groups in total. The summed E-state index contributed by atoms with van der Waals surface area (Å²) in [5.74, 6) is 0. The predicted molar refractivity (Wildman–Crippen MR) is 101 cm³/mol. The molecule has 8 heteroatoms. The van der Waals surface area contributed by atoms with Crippen LogP contribution in [0.2, 0.25) is 52.4 Å². The van der Waals surface area contributed by atoms with Crippen LogP contribution in [0.25, 0.3) is 0 Å². The molecule has 0 aromatic heterocycles. The summed E-state index contributed by atoms with van der Waals surface area (Å²) in [7, 11) is 3.31. The van der Waals surface area contributed by atoms with Crippen molar-refractivity contribution in [2.24, 2.45) is 0 Å². The van der Waals surface area contributed by atoms with Gasteiger partial charge in [0, 0.05) is 0 Å². The molecule has 20 heavy (non-hydrogen) atoms. The molecule has 0 aromatic rings. The van der Waals surface area contributed by atoms with Crippen LogP contribution in [0.4, 0.5) is 0 Å². The average Bonchev–Trinajstić information content (AvgIpc) is 2.33. The quantitative estimate of drug-likeness (QED) is 0.624. The third-order valence-corrected chi connectivity index (χ3v) is 32.8. The highest BCUT2D eigenvalue weighted by molar-refractivity contribution is 7.03. The molecule has 0 unspecified atom stereocenters. The van der Waals surface area contributed by atoms with Crippen molar-refractivity contribution >= 4 is 33.6 Å². The Morgan fingerprint density at radius 2 is 0.450 bits per heavy atom. The molecule has 0 aliphatic carbocycles. The van der Waals surface area contributed by atoms with E-state index in [1.165, 1.54) is 0 Å². The second-order valence-electron chi connectivity index (χ2n) is 8.21. The van der Waals surface area contributed by atoms with Crippen LogP contribution in [-0.2, 0) is 0 Å². The average molecular weight is 349 g/mol. The van der Waals surface area contributed by atoms with E-state index in [1.807, 2.05) is 0 Å². The predicted octanol–water partition coefficient (Wildman–Crippen LogP) is 2.53. The van der Waals surface area contributed by atoms with Gasteiger partial charge in [-0.3, -0.25) is 0 Å². The highest BCUT2D eigenvalue weighted by atomic mass is 28.5. The first-order chi connectivity index (χ1) is 8.62. The Hall–Kier alpha value is 0.708. The van der Waals surface area contributed by atoms with Crippen molar-refractivity contribution in [3.63, 3.8) is 0 Å². The van der Waals surface area contributed by atoms with E-state index in [1.54, 1.807) is 0 Å². The van der Waals surface area contributed by atoms with E-state index in [2.05, 4.69) is 97.5 Å². The highest BCUT2D eigenvalue weighted by Crippen LogP contribution is 2.35. The van der Waals surface area contributed by atoms with Crippen molar-refractivity contribution in [3.05, 3.63) is 0 Å². The van der Waals surface area contributed by atoms with Gasteiger partial charge in [-0.25, -0.2) is 0 Å². The summed E-state index contributed by atoms with van der Waals surface area (Å²) in [4.78, 5) is 0. The molecule has 0 amide bonds. The molecule has 0 spiro atoms. The van der Waals surface area contributed by atoms with Crippen molar-refractivity contribution in [3.8, 4) is 0 Å². The van der Waals surface area contributed by atoms with Crippen molar-refractivity contribution in [1.82, 2.24) is 16.9 Å². The molecule has 120 valence electrons. The number of hydrogen-bond donors (Lipinski definition) is 0. The van der Waals surface area contributed by atoms with Crippen LogP contribution in [0.1, 0.15) is 0 Å². The molecule has 1 aliphatic rings. The van der Waals surface area contributed by atoms with E-state index in [9.17, 15) is 0 Å². The normalized spacial score (nSPS) is 31.8. The maximum atomic E-state index is 2.82. The van der Waals surface area contributed by atoms with Crippen molar-refractivity contribution in [2.75, 3.05) is 28.2 Å². The van der Waals surface area contributed by atoms with Crippen molar-refractivity contribution in [1.29, 1.82) is 0 Å². The van der Waals surface area contributed by atoms with Crippen molar-refractivity contribution in [2.45, 2.75) is 52.4 Å². The molecule has 0 aromatic carbocycles. The lowest BCUT2D eigenvalue weighted by molar-refractivity contribution is 0.484. The molecule has 0 bridgehead atoms. The zero-order valence-electron chi connectivity index (χ0n) is 15.8. The second-order valence-corrected chi connectivity index (χ2v) is 27.3. The van der Waals surface area contributed by atoms with Crippen LogP contribution in [0.15, 0.2) is 0 Å². The van der Waals surface area contributed by atoms with Gasteiger partial charge in [0.25, 0.3) is 0 Å². The Morgan fingerprint density at radius 1 is 0.350 bits per heavy atom. The van der Waals surface area contributed by atoms with E-state index in [4.69, 9.17) is 0 Å².